The lowest BCUT2D eigenvalue weighted by molar-refractivity contribution is -0.121. The van der Waals surface area contributed by atoms with E-state index in [1.807, 2.05) is 19.1 Å². The number of hydrogen-bond donors (Lipinski definition) is 1. The molecule has 0 aliphatic carbocycles. The molecule has 2 aromatic rings. The average molecular weight is 320 g/mol. The lowest BCUT2D eigenvalue weighted by atomic mass is 9.96. The first-order valence-corrected chi connectivity index (χ1v) is 7.39. The molecule has 5 heteroatoms. The molecule has 2 aromatic carbocycles. The van der Waals surface area contributed by atoms with Crippen molar-refractivity contribution in [2.24, 2.45) is 5.92 Å². The third-order valence-corrected chi connectivity index (χ3v) is 3.99. The van der Waals surface area contributed by atoms with Crippen LogP contribution in [0.5, 0.6) is 5.75 Å². The van der Waals surface area contributed by atoms with Crippen LogP contribution < -0.4 is 10.1 Å². The van der Waals surface area contributed by atoms with Gasteiger partial charge in [-0.05, 0) is 54.8 Å². The van der Waals surface area contributed by atoms with Crippen molar-refractivity contribution >= 4 is 23.2 Å². The van der Waals surface area contributed by atoms with Crippen LogP contribution in [0.3, 0.4) is 0 Å². The molecule has 0 fully saturated rings. The second kappa shape index (κ2) is 5.97. The molecule has 1 aliphatic heterocycles. The number of benzene rings is 2. The van der Waals surface area contributed by atoms with Gasteiger partial charge in [-0.1, -0.05) is 17.7 Å². The van der Waals surface area contributed by atoms with Gasteiger partial charge in [0.1, 0.15) is 18.2 Å². The molecule has 114 valence electrons. The molecule has 0 saturated heterocycles. The summed E-state index contributed by atoms with van der Waals surface area (Å²) in [6.45, 7) is 2.12. The number of aryl methyl sites for hydroxylation is 1. The number of carbonyl (C=O) groups is 1. The highest BCUT2D eigenvalue weighted by molar-refractivity contribution is 6.30. The smallest absolute Gasteiger partial charge is 0.231 e. The highest BCUT2D eigenvalue weighted by Gasteiger charge is 2.26. The minimum absolute atomic E-state index is 0.181. The van der Waals surface area contributed by atoms with Crippen molar-refractivity contribution in [1.29, 1.82) is 0 Å². The summed E-state index contributed by atoms with van der Waals surface area (Å²) in [6, 6.07) is 9.70. The zero-order valence-electron chi connectivity index (χ0n) is 12.0. The second-order valence-corrected chi connectivity index (χ2v) is 5.85. The molecule has 22 heavy (non-hydrogen) atoms. The Labute approximate surface area is 133 Å². The van der Waals surface area contributed by atoms with Gasteiger partial charge in [0.25, 0.3) is 0 Å². The summed E-state index contributed by atoms with van der Waals surface area (Å²) in [4.78, 5) is 12.4. The molecule has 1 heterocycles. The SMILES string of the molecule is Cc1ccc(F)cc1NC(=O)C1COc2ccc(Cl)cc2C1. The fourth-order valence-electron chi connectivity index (χ4n) is 2.50. The van der Waals surface area contributed by atoms with E-state index in [0.717, 1.165) is 16.9 Å². The van der Waals surface area contributed by atoms with Crippen LogP contribution in [-0.4, -0.2) is 12.5 Å². The molecule has 0 saturated carbocycles. The van der Waals surface area contributed by atoms with E-state index in [1.165, 1.54) is 12.1 Å². The first-order chi connectivity index (χ1) is 10.5. The second-order valence-electron chi connectivity index (χ2n) is 5.41. The van der Waals surface area contributed by atoms with Crippen LogP contribution >= 0.6 is 11.6 Å². The van der Waals surface area contributed by atoms with Gasteiger partial charge in [-0.2, -0.15) is 0 Å². The molecule has 3 nitrogen and oxygen atoms in total. The summed E-state index contributed by atoms with van der Waals surface area (Å²) in [7, 11) is 0. The summed E-state index contributed by atoms with van der Waals surface area (Å²) < 4.78 is 18.9. The molecule has 1 unspecified atom stereocenters. The third kappa shape index (κ3) is 3.07. The molecule has 1 amide bonds. The quantitative estimate of drug-likeness (QED) is 0.909. The third-order valence-electron chi connectivity index (χ3n) is 3.76. The zero-order valence-corrected chi connectivity index (χ0v) is 12.8. The van der Waals surface area contributed by atoms with Crippen molar-refractivity contribution in [2.75, 3.05) is 11.9 Å². The molecule has 0 spiro atoms. The molecule has 1 atom stereocenters. The van der Waals surface area contributed by atoms with Gasteiger partial charge in [-0.25, -0.2) is 4.39 Å². The topological polar surface area (TPSA) is 38.3 Å². The molecular formula is C17H15ClFNO2. The maximum atomic E-state index is 13.3. The van der Waals surface area contributed by atoms with Crippen molar-refractivity contribution in [2.45, 2.75) is 13.3 Å². The van der Waals surface area contributed by atoms with Crippen molar-refractivity contribution in [3.8, 4) is 5.75 Å². The largest absolute Gasteiger partial charge is 0.492 e. The number of hydrogen-bond acceptors (Lipinski definition) is 2. The van der Waals surface area contributed by atoms with E-state index in [2.05, 4.69) is 5.32 Å². The fraction of sp³-hybridized carbons (Fsp3) is 0.235. The van der Waals surface area contributed by atoms with Crippen LogP contribution in [0, 0.1) is 18.7 Å². The molecular weight excluding hydrogens is 305 g/mol. The zero-order chi connectivity index (χ0) is 15.7. The van der Waals surface area contributed by atoms with Crippen LogP contribution in [0.2, 0.25) is 5.02 Å². The average Bonchev–Trinajstić information content (AvgIpc) is 2.50. The van der Waals surface area contributed by atoms with Crippen molar-refractivity contribution in [3.63, 3.8) is 0 Å². The summed E-state index contributed by atoms with van der Waals surface area (Å²) >= 11 is 5.97. The monoisotopic (exact) mass is 319 g/mol. The minimum atomic E-state index is -0.377. The van der Waals surface area contributed by atoms with Gasteiger partial charge < -0.3 is 10.1 Å². The number of amides is 1. The Morgan fingerprint density at radius 3 is 2.95 bits per heavy atom. The lowest BCUT2D eigenvalue weighted by Gasteiger charge is -2.25. The summed E-state index contributed by atoms with van der Waals surface area (Å²) in [6.07, 6.45) is 0.552. The highest BCUT2D eigenvalue weighted by Crippen LogP contribution is 2.30. The van der Waals surface area contributed by atoms with Gasteiger partial charge in [-0.3, -0.25) is 4.79 Å². The van der Waals surface area contributed by atoms with Crippen LogP contribution in [-0.2, 0) is 11.2 Å². The first kappa shape index (κ1) is 14.9. The first-order valence-electron chi connectivity index (χ1n) is 7.01. The van der Waals surface area contributed by atoms with Crippen LogP contribution in [0.25, 0.3) is 0 Å². The predicted molar refractivity (Wildman–Crippen MR) is 83.9 cm³/mol. The molecule has 1 aliphatic rings. The standard InChI is InChI=1S/C17H15ClFNO2/c1-10-2-4-14(19)8-15(10)20-17(21)12-6-11-7-13(18)3-5-16(11)22-9-12/h2-5,7-8,12H,6,9H2,1H3,(H,20,21). The lowest BCUT2D eigenvalue weighted by Crippen LogP contribution is -2.32. The normalized spacial score (nSPS) is 16.6. The van der Waals surface area contributed by atoms with Crippen molar-refractivity contribution < 1.29 is 13.9 Å². The molecule has 0 aromatic heterocycles. The Morgan fingerprint density at radius 1 is 1.32 bits per heavy atom. The van der Waals surface area contributed by atoms with Gasteiger partial charge in [0.15, 0.2) is 0 Å². The Bertz CT molecular complexity index is 733. The molecule has 1 N–H and O–H groups in total. The van der Waals surface area contributed by atoms with Gasteiger partial charge in [-0.15, -0.1) is 0 Å². The van der Waals surface area contributed by atoms with Crippen molar-refractivity contribution in [1.82, 2.24) is 0 Å². The minimum Gasteiger partial charge on any atom is -0.492 e. The number of fused-ring (bicyclic) bond motifs is 1. The maximum Gasteiger partial charge on any atom is 0.231 e. The molecule has 0 radical (unpaired) electrons. The van der Waals surface area contributed by atoms with E-state index in [4.69, 9.17) is 16.3 Å². The number of halogens is 2. The summed E-state index contributed by atoms with van der Waals surface area (Å²) in [5, 5.41) is 3.39. The van der Waals surface area contributed by atoms with Gasteiger partial charge >= 0.3 is 0 Å². The molecule has 3 rings (SSSR count). The number of rotatable bonds is 2. The van der Waals surface area contributed by atoms with E-state index in [-0.39, 0.29) is 17.6 Å². The van der Waals surface area contributed by atoms with E-state index in [0.29, 0.717) is 23.7 Å². The fourth-order valence-corrected chi connectivity index (χ4v) is 2.69. The van der Waals surface area contributed by atoms with E-state index in [9.17, 15) is 9.18 Å². The van der Waals surface area contributed by atoms with Gasteiger partial charge in [0, 0.05) is 10.7 Å². The van der Waals surface area contributed by atoms with Crippen LogP contribution in [0.1, 0.15) is 11.1 Å². The highest BCUT2D eigenvalue weighted by atomic mass is 35.5. The van der Waals surface area contributed by atoms with Gasteiger partial charge in [0.2, 0.25) is 5.91 Å². The number of anilines is 1. The Balaban J connectivity index is 1.75. The summed E-state index contributed by atoms with van der Waals surface area (Å²) in [5.74, 6) is -0.124. The number of nitrogens with one attached hydrogen (secondary N) is 1. The van der Waals surface area contributed by atoms with Crippen LogP contribution in [0.15, 0.2) is 36.4 Å². The van der Waals surface area contributed by atoms with Crippen molar-refractivity contribution in [3.05, 3.63) is 58.4 Å². The predicted octanol–water partition coefficient (Wildman–Crippen LogP) is 3.98. The number of carbonyl (C=O) groups excluding carboxylic acids is 1. The van der Waals surface area contributed by atoms with E-state index < -0.39 is 0 Å². The van der Waals surface area contributed by atoms with E-state index in [1.54, 1.807) is 12.1 Å². The Morgan fingerprint density at radius 2 is 2.14 bits per heavy atom. The molecule has 0 bridgehead atoms. The summed E-state index contributed by atoms with van der Waals surface area (Å²) in [5.41, 5.74) is 2.21. The van der Waals surface area contributed by atoms with Gasteiger partial charge in [0.05, 0.1) is 5.92 Å². The Hall–Kier alpha value is -2.07. The number of ether oxygens (including phenoxy) is 1. The Kier molecular flexibility index (Phi) is 4.03. The maximum absolute atomic E-state index is 13.3. The van der Waals surface area contributed by atoms with E-state index >= 15 is 0 Å². The van der Waals surface area contributed by atoms with Crippen LogP contribution in [0.4, 0.5) is 10.1 Å².